The molecule has 2 amide bonds. The van der Waals surface area contributed by atoms with Crippen molar-refractivity contribution >= 4 is 17.9 Å². The molecule has 0 saturated heterocycles. The first-order valence-electron chi connectivity index (χ1n) is 5.97. The lowest BCUT2D eigenvalue weighted by molar-refractivity contribution is -0.124. The van der Waals surface area contributed by atoms with Crippen LogP contribution in [0.3, 0.4) is 0 Å². The third-order valence-corrected chi connectivity index (χ3v) is 2.59. The molecule has 0 fully saturated rings. The maximum Gasteiger partial charge on any atom is 0.244 e. The van der Waals surface area contributed by atoms with Crippen LogP contribution in [0.1, 0.15) is 12.5 Å². The Balaban J connectivity index is 2.79. The van der Waals surface area contributed by atoms with Gasteiger partial charge in [-0.3, -0.25) is 9.59 Å². The smallest absolute Gasteiger partial charge is 0.244 e. The molecule has 20 heavy (non-hydrogen) atoms. The number of hydrogen-bond acceptors (Lipinski definition) is 4. The molecule has 0 saturated carbocycles. The van der Waals surface area contributed by atoms with Crippen LogP contribution in [-0.4, -0.2) is 32.1 Å². The third-order valence-electron chi connectivity index (χ3n) is 2.59. The second-order valence-corrected chi connectivity index (χ2v) is 4.11. The summed E-state index contributed by atoms with van der Waals surface area (Å²) in [6.07, 6.45) is 2.90. The average Bonchev–Trinajstić information content (AvgIpc) is 2.44. The Kier molecular flexibility index (Phi) is 5.58. The molecule has 0 aliphatic carbocycles. The van der Waals surface area contributed by atoms with E-state index in [1.807, 2.05) is 0 Å². The van der Waals surface area contributed by atoms with Crippen LogP contribution < -0.4 is 20.5 Å². The first-order valence-corrected chi connectivity index (χ1v) is 5.97. The number of ether oxygens (including phenoxy) is 2. The van der Waals surface area contributed by atoms with Gasteiger partial charge in [0.25, 0.3) is 0 Å². The lowest BCUT2D eigenvalue weighted by Crippen LogP contribution is -2.41. The van der Waals surface area contributed by atoms with Gasteiger partial charge in [0.15, 0.2) is 0 Å². The van der Waals surface area contributed by atoms with Crippen molar-refractivity contribution in [2.45, 2.75) is 13.0 Å². The Hall–Kier alpha value is -2.50. The van der Waals surface area contributed by atoms with Crippen molar-refractivity contribution in [1.29, 1.82) is 0 Å². The molecule has 0 heterocycles. The van der Waals surface area contributed by atoms with Gasteiger partial charge < -0.3 is 20.5 Å². The molecule has 0 aliphatic heterocycles. The number of nitrogens with two attached hydrogens (primary N) is 1. The van der Waals surface area contributed by atoms with Crippen molar-refractivity contribution in [3.63, 3.8) is 0 Å². The summed E-state index contributed by atoms with van der Waals surface area (Å²) in [5, 5.41) is 2.44. The Bertz CT molecular complexity index is 504. The number of methoxy groups -OCH3 is 2. The largest absolute Gasteiger partial charge is 0.497 e. The molecule has 0 radical (unpaired) electrons. The Labute approximate surface area is 117 Å². The van der Waals surface area contributed by atoms with E-state index in [-0.39, 0.29) is 0 Å². The number of primary amides is 1. The standard InChI is InChI=1S/C14H18N2O4/c1-9(14(15)18)16-13(17)5-4-10-6-11(19-2)8-12(7-10)20-3/h4-9H,1-3H3,(H2,15,18)(H,16,17)/b5-4+/t9-/m0/s1. The van der Waals surface area contributed by atoms with E-state index in [0.29, 0.717) is 11.5 Å². The Morgan fingerprint density at radius 2 is 1.75 bits per heavy atom. The molecular formula is C14H18N2O4. The molecule has 1 rings (SSSR count). The molecule has 6 nitrogen and oxygen atoms in total. The lowest BCUT2D eigenvalue weighted by Gasteiger charge is -2.08. The van der Waals surface area contributed by atoms with Gasteiger partial charge in [0.05, 0.1) is 14.2 Å². The van der Waals surface area contributed by atoms with Gasteiger partial charge in [-0.25, -0.2) is 0 Å². The van der Waals surface area contributed by atoms with Crippen LogP contribution in [0.5, 0.6) is 11.5 Å². The summed E-state index contributed by atoms with van der Waals surface area (Å²) >= 11 is 0. The quantitative estimate of drug-likeness (QED) is 0.750. The van der Waals surface area contributed by atoms with Crippen molar-refractivity contribution in [2.75, 3.05) is 14.2 Å². The fourth-order valence-electron chi connectivity index (χ4n) is 1.43. The van der Waals surface area contributed by atoms with Gasteiger partial charge >= 0.3 is 0 Å². The summed E-state index contributed by atoms with van der Waals surface area (Å²) in [6.45, 7) is 1.52. The van der Waals surface area contributed by atoms with Gasteiger partial charge in [-0.1, -0.05) is 0 Å². The highest BCUT2D eigenvalue weighted by Gasteiger charge is 2.09. The highest BCUT2D eigenvalue weighted by atomic mass is 16.5. The predicted octanol–water partition coefficient (Wildman–Crippen LogP) is 0.707. The summed E-state index contributed by atoms with van der Waals surface area (Å²) < 4.78 is 10.2. The fourth-order valence-corrected chi connectivity index (χ4v) is 1.43. The van der Waals surface area contributed by atoms with Crippen molar-refractivity contribution in [1.82, 2.24) is 5.32 Å². The van der Waals surface area contributed by atoms with E-state index in [4.69, 9.17) is 15.2 Å². The number of amides is 2. The van der Waals surface area contributed by atoms with Crippen LogP contribution in [0.25, 0.3) is 6.08 Å². The molecule has 3 N–H and O–H groups in total. The summed E-state index contributed by atoms with van der Waals surface area (Å²) in [6, 6.07) is 4.52. The third kappa shape index (κ3) is 4.64. The number of nitrogens with one attached hydrogen (secondary N) is 1. The van der Waals surface area contributed by atoms with E-state index < -0.39 is 17.9 Å². The number of hydrogen-bond donors (Lipinski definition) is 2. The summed E-state index contributed by atoms with van der Waals surface area (Å²) in [5.41, 5.74) is 5.80. The van der Waals surface area contributed by atoms with Gasteiger partial charge in [-0.15, -0.1) is 0 Å². The molecule has 108 valence electrons. The molecule has 0 aliphatic rings. The van der Waals surface area contributed by atoms with Gasteiger partial charge in [0.2, 0.25) is 11.8 Å². The number of carbonyl (C=O) groups excluding carboxylic acids is 2. The van der Waals surface area contributed by atoms with Crippen molar-refractivity contribution in [2.24, 2.45) is 5.73 Å². The SMILES string of the molecule is COc1cc(/C=C/C(=O)N[C@@H](C)C(N)=O)cc(OC)c1. The second kappa shape index (κ2) is 7.18. The minimum Gasteiger partial charge on any atom is -0.497 e. The minimum absolute atomic E-state index is 0.405. The van der Waals surface area contributed by atoms with E-state index in [1.165, 1.54) is 13.0 Å². The van der Waals surface area contributed by atoms with E-state index in [1.54, 1.807) is 38.5 Å². The van der Waals surface area contributed by atoms with E-state index in [0.717, 1.165) is 5.56 Å². The number of carbonyl (C=O) groups is 2. The van der Waals surface area contributed by atoms with Crippen LogP contribution in [0.4, 0.5) is 0 Å². The maximum atomic E-state index is 11.6. The van der Waals surface area contributed by atoms with E-state index in [9.17, 15) is 9.59 Å². The minimum atomic E-state index is -0.716. The van der Waals surface area contributed by atoms with Crippen LogP contribution >= 0.6 is 0 Å². The fraction of sp³-hybridized carbons (Fsp3) is 0.286. The van der Waals surface area contributed by atoms with E-state index in [2.05, 4.69) is 5.32 Å². The molecule has 1 aromatic carbocycles. The van der Waals surface area contributed by atoms with Crippen LogP contribution in [0.15, 0.2) is 24.3 Å². The topological polar surface area (TPSA) is 90.6 Å². The monoisotopic (exact) mass is 278 g/mol. The lowest BCUT2D eigenvalue weighted by atomic mass is 10.2. The molecule has 6 heteroatoms. The maximum absolute atomic E-state index is 11.6. The Morgan fingerprint density at radius 3 is 2.20 bits per heavy atom. The van der Waals surface area contributed by atoms with Gasteiger partial charge in [-0.05, 0) is 30.7 Å². The zero-order valence-electron chi connectivity index (χ0n) is 11.7. The Morgan fingerprint density at radius 1 is 1.20 bits per heavy atom. The molecule has 0 bridgehead atoms. The summed E-state index contributed by atoms with van der Waals surface area (Å²) in [5.74, 6) is 0.248. The molecule has 0 spiro atoms. The van der Waals surface area contributed by atoms with Crippen molar-refractivity contribution < 1.29 is 19.1 Å². The molecule has 0 aromatic heterocycles. The highest BCUT2D eigenvalue weighted by molar-refractivity contribution is 5.95. The number of benzene rings is 1. The molecule has 1 aromatic rings. The summed E-state index contributed by atoms with van der Waals surface area (Å²) in [4.78, 5) is 22.4. The first-order chi connectivity index (χ1) is 9.46. The zero-order chi connectivity index (χ0) is 15.1. The van der Waals surface area contributed by atoms with Crippen molar-refractivity contribution in [3.05, 3.63) is 29.8 Å². The van der Waals surface area contributed by atoms with Crippen LogP contribution in [0, 0.1) is 0 Å². The van der Waals surface area contributed by atoms with Crippen molar-refractivity contribution in [3.8, 4) is 11.5 Å². The first kappa shape index (κ1) is 15.6. The highest BCUT2D eigenvalue weighted by Crippen LogP contribution is 2.23. The normalized spacial score (nSPS) is 11.9. The molecular weight excluding hydrogens is 260 g/mol. The predicted molar refractivity (Wildman–Crippen MR) is 75.4 cm³/mol. The second-order valence-electron chi connectivity index (χ2n) is 4.11. The molecule has 0 unspecified atom stereocenters. The van der Waals surface area contributed by atoms with Gasteiger partial charge in [0, 0.05) is 12.1 Å². The van der Waals surface area contributed by atoms with Gasteiger partial charge in [0.1, 0.15) is 17.5 Å². The zero-order valence-corrected chi connectivity index (χ0v) is 11.7. The summed E-state index contributed by atoms with van der Waals surface area (Å²) in [7, 11) is 3.09. The van der Waals surface area contributed by atoms with Crippen LogP contribution in [-0.2, 0) is 9.59 Å². The van der Waals surface area contributed by atoms with E-state index >= 15 is 0 Å². The average molecular weight is 278 g/mol. The van der Waals surface area contributed by atoms with Crippen LogP contribution in [0.2, 0.25) is 0 Å². The number of rotatable bonds is 6. The van der Waals surface area contributed by atoms with Gasteiger partial charge in [-0.2, -0.15) is 0 Å². The molecule has 1 atom stereocenters.